The zero-order chi connectivity index (χ0) is 10.6. The highest BCUT2D eigenvalue weighted by Gasteiger charge is 2.26. The highest BCUT2D eigenvalue weighted by molar-refractivity contribution is 5.11. The van der Waals surface area contributed by atoms with E-state index in [1.165, 1.54) is 12.8 Å². The van der Waals surface area contributed by atoms with Gasteiger partial charge in [0.25, 0.3) is 0 Å². The Bertz CT molecular complexity index is 206. The van der Waals surface area contributed by atoms with Crippen molar-refractivity contribution >= 4 is 0 Å². The summed E-state index contributed by atoms with van der Waals surface area (Å²) in [5, 5.41) is 0. The Morgan fingerprint density at radius 1 is 1.43 bits per heavy atom. The Kier molecular flexibility index (Phi) is 4.05. The minimum atomic E-state index is -2.65. The van der Waals surface area contributed by atoms with Gasteiger partial charge in [0.15, 0.2) is 0 Å². The Balaban J connectivity index is 2.50. The lowest BCUT2D eigenvalue weighted by molar-refractivity contribution is 0.00906. The minimum absolute atomic E-state index is 0.223. The van der Waals surface area contributed by atoms with Crippen molar-refractivity contribution in [2.24, 2.45) is 5.73 Å². The summed E-state index contributed by atoms with van der Waals surface area (Å²) in [7, 11) is 0. The van der Waals surface area contributed by atoms with E-state index in [0.717, 1.165) is 31.8 Å². The largest absolute Gasteiger partial charge is 0.324 e. The average Bonchev–Trinajstić information content (AvgIpc) is 2.27. The van der Waals surface area contributed by atoms with Crippen LogP contribution < -0.4 is 5.73 Å². The average molecular weight is 203 g/mol. The topological polar surface area (TPSA) is 26.0 Å². The second-order valence-electron chi connectivity index (χ2n) is 4.26. The normalized spacial score (nSPS) is 21.3. The summed E-state index contributed by atoms with van der Waals surface area (Å²) in [6.45, 7) is 0.935. The van der Waals surface area contributed by atoms with Crippen LogP contribution in [0.5, 0.6) is 0 Å². The van der Waals surface area contributed by atoms with Gasteiger partial charge in [-0.25, -0.2) is 8.78 Å². The molecule has 0 fully saturated rings. The maximum atomic E-state index is 12.7. The number of hydrogen-bond acceptors (Lipinski definition) is 1. The Morgan fingerprint density at radius 3 is 2.79 bits per heavy atom. The lowest BCUT2D eigenvalue weighted by Gasteiger charge is -2.19. The summed E-state index contributed by atoms with van der Waals surface area (Å²) in [4.78, 5) is 0. The van der Waals surface area contributed by atoms with Crippen LogP contribution in [0.2, 0.25) is 0 Å². The fourth-order valence-electron chi connectivity index (χ4n) is 1.89. The van der Waals surface area contributed by atoms with Crippen LogP contribution in [0.25, 0.3) is 0 Å². The van der Waals surface area contributed by atoms with Gasteiger partial charge < -0.3 is 5.73 Å². The van der Waals surface area contributed by atoms with Crippen LogP contribution in [0.1, 0.15) is 45.4 Å². The fraction of sp³-hybridized carbons (Fsp3) is 0.818. The van der Waals surface area contributed by atoms with Crippen LogP contribution in [0.4, 0.5) is 8.78 Å². The van der Waals surface area contributed by atoms with E-state index in [2.05, 4.69) is 6.08 Å². The molecule has 14 heavy (non-hydrogen) atoms. The van der Waals surface area contributed by atoms with E-state index in [9.17, 15) is 8.78 Å². The molecule has 2 N–H and O–H groups in total. The third-order valence-electron chi connectivity index (χ3n) is 2.63. The SMILES string of the molecule is CC(F)(F)CC(N)C1=CCCCCC1. The lowest BCUT2D eigenvalue weighted by atomic mass is 9.98. The molecule has 0 radical (unpaired) electrons. The molecule has 0 aromatic rings. The molecule has 0 saturated heterocycles. The Labute approximate surface area is 84.4 Å². The predicted octanol–water partition coefficient (Wildman–Crippen LogP) is 3.25. The van der Waals surface area contributed by atoms with Crippen LogP contribution in [-0.2, 0) is 0 Å². The van der Waals surface area contributed by atoms with Gasteiger partial charge in [0.05, 0.1) is 0 Å². The molecule has 0 heterocycles. The van der Waals surface area contributed by atoms with Crippen molar-refractivity contribution in [3.8, 4) is 0 Å². The number of halogens is 2. The van der Waals surface area contributed by atoms with E-state index in [1.807, 2.05) is 0 Å². The molecule has 0 spiro atoms. The first-order chi connectivity index (χ1) is 6.49. The third kappa shape index (κ3) is 4.18. The molecule has 1 rings (SSSR count). The number of allylic oxidation sites excluding steroid dienone is 1. The van der Waals surface area contributed by atoms with Crippen LogP contribution in [0, 0.1) is 0 Å². The third-order valence-corrected chi connectivity index (χ3v) is 2.63. The maximum absolute atomic E-state index is 12.7. The van der Waals surface area contributed by atoms with Crippen molar-refractivity contribution in [3.63, 3.8) is 0 Å². The summed E-state index contributed by atoms with van der Waals surface area (Å²) >= 11 is 0. The number of rotatable bonds is 3. The smallest absolute Gasteiger partial charge is 0.247 e. The molecule has 1 nitrogen and oxygen atoms in total. The van der Waals surface area contributed by atoms with Crippen LogP contribution >= 0.6 is 0 Å². The summed E-state index contributed by atoms with van der Waals surface area (Å²) in [5.74, 6) is -2.65. The molecule has 82 valence electrons. The van der Waals surface area contributed by atoms with Crippen molar-refractivity contribution < 1.29 is 8.78 Å². The molecule has 3 heteroatoms. The predicted molar refractivity (Wildman–Crippen MR) is 54.4 cm³/mol. The second-order valence-corrected chi connectivity index (χ2v) is 4.26. The first kappa shape index (κ1) is 11.6. The molecule has 0 aliphatic heterocycles. The second kappa shape index (κ2) is 4.87. The van der Waals surface area contributed by atoms with Gasteiger partial charge in [-0.05, 0) is 32.6 Å². The lowest BCUT2D eigenvalue weighted by Crippen LogP contribution is -2.30. The molecule has 1 aliphatic carbocycles. The maximum Gasteiger partial charge on any atom is 0.247 e. The first-order valence-corrected chi connectivity index (χ1v) is 5.31. The van der Waals surface area contributed by atoms with Gasteiger partial charge >= 0.3 is 0 Å². The van der Waals surface area contributed by atoms with E-state index in [1.54, 1.807) is 0 Å². The van der Waals surface area contributed by atoms with Gasteiger partial charge in [-0.2, -0.15) is 0 Å². The van der Waals surface area contributed by atoms with Crippen molar-refractivity contribution in [1.82, 2.24) is 0 Å². The van der Waals surface area contributed by atoms with Crippen molar-refractivity contribution in [2.75, 3.05) is 0 Å². The number of nitrogens with two attached hydrogens (primary N) is 1. The summed E-state index contributed by atoms with van der Waals surface area (Å²) < 4.78 is 25.4. The number of hydrogen-bond donors (Lipinski definition) is 1. The molecule has 1 atom stereocenters. The summed E-state index contributed by atoms with van der Waals surface area (Å²) in [6.07, 6.45) is 7.18. The van der Waals surface area contributed by atoms with Crippen LogP contribution in [-0.4, -0.2) is 12.0 Å². The van der Waals surface area contributed by atoms with Gasteiger partial charge in [-0.1, -0.05) is 18.1 Å². The van der Waals surface area contributed by atoms with Crippen molar-refractivity contribution in [2.45, 2.75) is 57.4 Å². The van der Waals surface area contributed by atoms with E-state index < -0.39 is 12.0 Å². The molecule has 0 bridgehead atoms. The van der Waals surface area contributed by atoms with E-state index in [0.29, 0.717) is 0 Å². The summed E-state index contributed by atoms with van der Waals surface area (Å²) in [5.41, 5.74) is 6.79. The molecule has 0 aromatic carbocycles. The van der Waals surface area contributed by atoms with Gasteiger partial charge in [0.1, 0.15) is 0 Å². The molecule has 0 amide bonds. The summed E-state index contributed by atoms with van der Waals surface area (Å²) in [6, 6.07) is -0.451. The van der Waals surface area contributed by atoms with E-state index in [4.69, 9.17) is 5.73 Å². The Hall–Kier alpha value is -0.440. The monoisotopic (exact) mass is 203 g/mol. The van der Waals surface area contributed by atoms with Crippen LogP contribution in [0.15, 0.2) is 11.6 Å². The van der Waals surface area contributed by atoms with Gasteiger partial charge in [-0.3, -0.25) is 0 Å². The molecule has 0 aromatic heterocycles. The first-order valence-electron chi connectivity index (χ1n) is 5.31. The zero-order valence-corrected chi connectivity index (χ0v) is 8.73. The molecule has 0 saturated carbocycles. The minimum Gasteiger partial charge on any atom is -0.324 e. The van der Waals surface area contributed by atoms with E-state index >= 15 is 0 Å². The molecule has 1 aliphatic rings. The van der Waals surface area contributed by atoms with Gasteiger partial charge in [-0.15, -0.1) is 0 Å². The standard InChI is InChI=1S/C11H19F2N/c1-11(12,13)8-10(14)9-6-4-2-3-5-7-9/h6,10H,2-5,7-8,14H2,1H3. The van der Waals surface area contributed by atoms with Crippen LogP contribution in [0.3, 0.4) is 0 Å². The molecular formula is C11H19F2N. The highest BCUT2D eigenvalue weighted by Crippen LogP contribution is 2.25. The quantitative estimate of drug-likeness (QED) is 0.700. The zero-order valence-electron chi connectivity index (χ0n) is 8.73. The highest BCUT2D eigenvalue weighted by atomic mass is 19.3. The van der Waals surface area contributed by atoms with Crippen molar-refractivity contribution in [1.29, 1.82) is 0 Å². The molecule has 1 unspecified atom stereocenters. The van der Waals surface area contributed by atoms with E-state index in [-0.39, 0.29) is 6.42 Å². The number of alkyl halides is 2. The molecular weight excluding hydrogens is 184 g/mol. The van der Waals surface area contributed by atoms with Gasteiger partial charge in [0, 0.05) is 12.5 Å². The van der Waals surface area contributed by atoms with Gasteiger partial charge in [0.2, 0.25) is 5.92 Å². The fourth-order valence-corrected chi connectivity index (χ4v) is 1.89. The van der Waals surface area contributed by atoms with Crippen molar-refractivity contribution in [3.05, 3.63) is 11.6 Å². The Morgan fingerprint density at radius 2 is 2.14 bits per heavy atom.